The van der Waals surface area contributed by atoms with Gasteiger partial charge in [-0.2, -0.15) is 0 Å². The second kappa shape index (κ2) is 7.82. The van der Waals surface area contributed by atoms with Gasteiger partial charge in [0.1, 0.15) is 6.10 Å². The number of hydrazine groups is 1. The maximum absolute atomic E-state index is 12.6. The summed E-state index contributed by atoms with van der Waals surface area (Å²) < 4.78 is 6.05. The van der Waals surface area contributed by atoms with Crippen molar-refractivity contribution in [1.29, 1.82) is 0 Å². The summed E-state index contributed by atoms with van der Waals surface area (Å²) in [5.41, 5.74) is 7.45. The van der Waals surface area contributed by atoms with Crippen LogP contribution in [0.25, 0.3) is 10.9 Å². The van der Waals surface area contributed by atoms with Crippen molar-refractivity contribution in [2.24, 2.45) is 5.92 Å². The molecule has 6 heteroatoms. The van der Waals surface area contributed by atoms with Crippen LogP contribution in [0, 0.1) is 5.92 Å². The summed E-state index contributed by atoms with van der Waals surface area (Å²) in [6, 6.07) is 12.8. The molecular weight excluding hydrogens is 340 g/mol. The van der Waals surface area contributed by atoms with Gasteiger partial charge >= 0.3 is 0 Å². The van der Waals surface area contributed by atoms with Crippen molar-refractivity contribution < 1.29 is 9.53 Å². The van der Waals surface area contributed by atoms with Crippen molar-refractivity contribution >= 4 is 16.8 Å². The van der Waals surface area contributed by atoms with Crippen molar-refractivity contribution in [3.05, 3.63) is 36.4 Å². The average molecular weight is 368 g/mol. The van der Waals surface area contributed by atoms with Gasteiger partial charge in [-0.25, -0.2) is 4.98 Å². The molecule has 1 aromatic heterocycles. The Morgan fingerprint density at radius 3 is 2.78 bits per heavy atom. The van der Waals surface area contributed by atoms with Crippen LogP contribution in [0.1, 0.15) is 33.1 Å². The third kappa shape index (κ3) is 4.06. The van der Waals surface area contributed by atoms with Crippen LogP contribution >= 0.6 is 0 Å². The van der Waals surface area contributed by atoms with Gasteiger partial charge in [0.05, 0.1) is 12.1 Å². The van der Waals surface area contributed by atoms with Gasteiger partial charge < -0.3 is 9.64 Å². The molecule has 0 bridgehead atoms. The number of pyridine rings is 1. The van der Waals surface area contributed by atoms with Crippen LogP contribution in [0.4, 0.5) is 0 Å². The van der Waals surface area contributed by atoms with Crippen LogP contribution in [0.15, 0.2) is 36.4 Å². The molecule has 2 saturated heterocycles. The van der Waals surface area contributed by atoms with Gasteiger partial charge in [0, 0.05) is 42.9 Å². The highest BCUT2D eigenvalue weighted by molar-refractivity contribution is 5.78. The maximum atomic E-state index is 12.6. The predicted octanol–water partition coefficient (Wildman–Crippen LogP) is 2.50. The number of likely N-dealkylation sites (tertiary alicyclic amines) is 1. The lowest BCUT2D eigenvalue weighted by Gasteiger charge is -2.20. The summed E-state index contributed by atoms with van der Waals surface area (Å²) in [5, 5.41) is 1.10. The summed E-state index contributed by atoms with van der Waals surface area (Å²) in [6.07, 6.45) is 2.40. The lowest BCUT2D eigenvalue weighted by atomic mass is 9.91. The zero-order valence-corrected chi connectivity index (χ0v) is 16.0. The van der Waals surface area contributed by atoms with Crippen LogP contribution in [0.2, 0.25) is 0 Å². The Hall–Kier alpha value is -2.18. The first kappa shape index (κ1) is 18.2. The second-order valence-electron chi connectivity index (χ2n) is 7.78. The predicted molar refractivity (Wildman–Crippen MR) is 105 cm³/mol. The zero-order chi connectivity index (χ0) is 18.8. The highest BCUT2D eigenvalue weighted by Crippen LogP contribution is 2.23. The minimum atomic E-state index is 0.0234. The molecule has 0 radical (unpaired) electrons. The highest BCUT2D eigenvalue weighted by Gasteiger charge is 2.32. The summed E-state index contributed by atoms with van der Waals surface area (Å²) in [6.45, 7) is 5.76. The SMILES string of the molecule is CC1NNC(C)C1CCC(=O)N1CCC(Oc2ccc3ccccc3n2)C1. The molecule has 6 nitrogen and oxygen atoms in total. The number of hydrogen-bond donors (Lipinski definition) is 2. The van der Waals surface area contributed by atoms with Gasteiger partial charge in [-0.1, -0.05) is 18.2 Å². The Labute approximate surface area is 160 Å². The molecule has 2 aliphatic heterocycles. The normalized spacial score (nSPS) is 28.0. The number of benzene rings is 1. The van der Waals surface area contributed by atoms with Crippen molar-refractivity contribution in [2.45, 2.75) is 51.3 Å². The number of carbonyl (C=O) groups is 1. The second-order valence-corrected chi connectivity index (χ2v) is 7.78. The molecule has 3 atom stereocenters. The molecule has 27 heavy (non-hydrogen) atoms. The Kier molecular flexibility index (Phi) is 5.27. The Balaban J connectivity index is 1.29. The molecule has 4 rings (SSSR count). The Morgan fingerprint density at radius 1 is 1.19 bits per heavy atom. The smallest absolute Gasteiger partial charge is 0.222 e. The molecule has 2 aromatic rings. The van der Waals surface area contributed by atoms with Crippen molar-refractivity contribution in [1.82, 2.24) is 20.7 Å². The van der Waals surface area contributed by atoms with Crippen LogP contribution in [0.5, 0.6) is 5.88 Å². The number of nitrogens with zero attached hydrogens (tertiary/aromatic N) is 2. The van der Waals surface area contributed by atoms with E-state index in [1.807, 2.05) is 41.3 Å². The molecule has 0 aliphatic carbocycles. The third-order valence-electron chi connectivity index (χ3n) is 5.87. The lowest BCUT2D eigenvalue weighted by molar-refractivity contribution is -0.130. The van der Waals surface area contributed by atoms with E-state index >= 15 is 0 Å². The van der Waals surface area contributed by atoms with Gasteiger partial charge in [0.25, 0.3) is 0 Å². The Morgan fingerprint density at radius 2 is 1.96 bits per heavy atom. The molecular formula is C21H28N4O2. The third-order valence-corrected chi connectivity index (χ3v) is 5.87. The molecule has 144 valence electrons. The number of aromatic nitrogens is 1. The quantitative estimate of drug-likeness (QED) is 0.849. The van der Waals surface area contributed by atoms with Crippen molar-refractivity contribution in [2.75, 3.05) is 13.1 Å². The number of hydrogen-bond acceptors (Lipinski definition) is 5. The number of rotatable bonds is 5. The fraction of sp³-hybridized carbons (Fsp3) is 0.524. The minimum Gasteiger partial charge on any atom is -0.472 e. The summed E-state index contributed by atoms with van der Waals surface area (Å²) >= 11 is 0. The number of nitrogens with one attached hydrogen (secondary N) is 2. The average Bonchev–Trinajstić information content (AvgIpc) is 3.27. The molecule has 2 fully saturated rings. The number of amides is 1. The molecule has 3 heterocycles. The van der Waals surface area contributed by atoms with Gasteiger partial charge in [-0.15, -0.1) is 0 Å². The first-order chi connectivity index (χ1) is 13.1. The minimum absolute atomic E-state index is 0.0234. The van der Waals surface area contributed by atoms with E-state index in [2.05, 4.69) is 29.7 Å². The van der Waals surface area contributed by atoms with Crippen molar-refractivity contribution in [3.8, 4) is 5.88 Å². The monoisotopic (exact) mass is 368 g/mol. The fourth-order valence-corrected chi connectivity index (χ4v) is 4.19. The van der Waals surface area contributed by atoms with Crippen LogP contribution < -0.4 is 15.6 Å². The molecule has 2 aliphatic rings. The van der Waals surface area contributed by atoms with E-state index in [1.165, 1.54) is 0 Å². The maximum Gasteiger partial charge on any atom is 0.222 e. The topological polar surface area (TPSA) is 66.5 Å². The van der Waals surface area contributed by atoms with Crippen LogP contribution in [-0.4, -0.2) is 47.1 Å². The molecule has 2 N–H and O–H groups in total. The highest BCUT2D eigenvalue weighted by atomic mass is 16.5. The molecule has 1 aromatic carbocycles. The standard InChI is InChI=1S/C21H28N4O2/c1-14-18(15(2)24-23-14)8-10-21(26)25-12-11-17(13-25)27-20-9-7-16-5-3-4-6-19(16)22-20/h3-7,9,14-15,17-18,23-24H,8,10-13H2,1-2H3. The largest absolute Gasteiger partial charge is 0.472 e. The van der Waals surface area contributed by atoms with E-state index in [0.717, 1.165) is 30.3 Å². The number of fused-ring (bicyclic) bond motifs is 1. The zero-order valence-electron chi connectivity index (χ0n) is 16.0. The van der Waals surface area contributed by atoms with Gasteiger partial charge in [-0.3, -0.25) is 15.6 Å². The summed E-state index contributed by atoms with van der Waals surface area (Å²) in [5.74, 6) is 1.36. The fourth-order valence-electron chi connectivity index (χ4n) is 4.19. The molecule has 0 saturated carbocycles. The van der Waals surface area contributed by atoms with Crippen molar-refractivity contribution in [3.63, 3.8) is 0 Å². The van der Waals surface area contributed by atoms with Crippen LogP contribution in [-0.2, 0) is 4.79 Å². The van der Waals surface area contributed by atoms with E-state index in [1.54, 1.807) is 0 Å². The molecule has 3 unspecified atom stereocenters. The van der Waals surface area contributed by atoms with Gasteiger partial charge in [0.2, 0.25) is 11.8 Å². The first-order valence-corrected chi connectivity index (χ1v) is 9.91. The van der Waals surface area contributed by atoms with E-state index in [9.17, 15) is 4.79 Å². The summed E-state index contributed by atoms with van der Waals surface area (Å²) in [4.78, 5) is 19.1. The van der Waals surface area contributed by atoms with E-state index < -0.39 is 0 Å². The number of carbonyl (C=O) groups excluding carboxylic acids is 1. The van der Waals surface area contributed by atoms with E-state index in [4.69, 9.17) is 4.74 Å². The lowest BCUT2D eigenvalue weighted by Crippen LogP contribution is -2.32. The molecule has 0 spiro atoms. The summed E-state index contributed by atoms with van der Waals surface area (Å²) in [7, 11) is 0. The van der Waals surface area contributed by atoms with E-state index in [0.29, 0.717) is 36.8 Å². The van der Waals surface area contributed by atoms with Gasteiger partial charge in [-0.05, 0) is 38.3 Å². The van der Waals surface area contributed by atoms with Gasteiger partial charge in [0.15, 0.2) is 0 Å². The number of ether oxygens (including phenoxy) is 1. The first-order valence-electron chi connectivity index (χ1n) is 9.91. The van der Waals surface area contributed by atoms with Crippen LogP contribution in [0.3, 0.4) is 0 Å². The van der Waals surface area contributed by atoms with E-state index in [-0.39, 0.29) is 12.0 Å². The molecule has 1 amide bonds. The number of para-hydroxylation sites is 1. The Bertz CT molecular complexity index is 802.